The summed E-state index contributed by atoms with van der Waals surface area (Å²) >= 11 is 1.60. The summed E-state index contributed by atoms with van der Waals surface area (Å²) in [7, 11) is 0. The molecule has 0 saturated heterocycles. The molecule has 1 aromatic heterocycles. The third-order valence-corrected chi connectivity index (χ3v) is 5.19. The number of carbonyl (C=O) groups is 1. The van der Waals surface area contributed by atoms with E-state index in [2.05, 4.69) is 0 Å². The highest BCUT2D eigenvalue weighted by molar-refractivity contribution is 7.16. The Labute approximate surface area is 123 Å². The van der Waals surface area contributed by atoms with E-state index in [1.54, 1.807) is 11.3 Å². The van der Waals surface area contributed by atoms with Crippen molar-refractivity contribution in [3.8, 4) is 0 Å². The number of nitrogen functional groups attached to an aromatic ring is 1. The normalized spacial score (nSPS) is 16.2. The average Bonchev–Trinajstić information content (AvgIpc) is 2.90. The van der Waals surface area contributed by atoms with Crippen LogP contribution in [0.1, 0.15) is 58.8 Å². The van der Waals surface area contributed by atoms with E-state index in [-0.39, 0.29) is 5.78 Å². The van der Waals surface area contributed by atoms with Gasteiger partial charge in [0.05, 0.1) is 10.6 Å². The van der Waals surface area contributed by atoms with Crippen LogP contribution < -0.4 is 5.73 Å². The monoisotopic (exact) mass is 285 g/mol. The SMILES string of the molecule is Nc1sc(C2CCCCC2)cc1C(=O)c1ccccc1. The van der Waals surface area contributed by atoms with E-state index < -0.39 is 0 Å². The van der Waals surface area contributed by atoms with Gasteiger partial charge in [-0.2, -0.15) is 0 Å². The number of anilines is 1. The first-order valence-corrected chi connectivity index (χ1v) is 8.06. The zero-order valence-corrected chi connectivity index (χ0v) is 12.3. The summed E-state index contributed by atoms with van der Waals surface area (Å²) in [6, 6.07) is 11.4. The van der Waals surface area contributed by atoms with E-state index in [1.165, 1.54) is 37.0 Å². The highest BCUT2D eigenvalue weighted by atomic mass is 32.1. The molecule has 0 unspecified atom stereocenters. The quantitative estimate of drug-likeness (QED) is 0.837. The number of thiophene rings is 1. The topological polar surface area (TPSA) is 43.1 Å². The molecule has 0 amide bonds. The minimum Gasteiger partial charge on any atom is -0.390 e. The number of rotatable bonds is 3. The lowest BCUT2D eigenvalue weighted by Crippen LogP contribution is -2.03. The Morgan fingerprint density at radius 2 is 1.80 bits per heavy atom. The molecule has 1 aromatic carbocycles. The van der Waals surface area contributed by atoms with Crippen molar-refractivity contribution in [2.45, 2.75) is 38.0 Å². The number of hydrogen-bond donors (Lipinski definition) is 1. The molecule has 1 aliphatic carbocycles. The molecule has 0 spiro atoms. The van der Waals surface area contributed by atoms with Crippen LogP contribution in [0, 0.1) is 0 Å². The molecule has 2 N–H and O–H groups in total. The molecule has 0 bridgehead atoms. The fourth-order valence-corrected chi connectivity index (χ4v) is 4.03. The van der Waals surface area contributed by atoms with Gasteiger partial charge in [0, 0.05) is 10.4 Å². The van der Waals surface area contributed by atoms with Crippen LogP contribution in [-0.4, -0.2) is 5.78 Å². The number of nitrogens with two attached hydrogens (primary N) is 1. The van der Waals surface area contributed by atoms with Gasteiger partial charge in [0.2, 0.25) is 0 Å². The van der Waals surface area contributed by atoms with Gasteiger partial charge in [0.25, 0.3) is 0 Å². The standard InChI is InChI=1S/C17H19NOS/c18-17-14(16(19)13-9-5-2-6-10-13)11-15(20-17)12-7-3-1-4-8-12/h2,5-6,9-12H,1,3-4,7-8,18H2. The van der Waals surface area contributed by atoms with Crippen LogP contribution in [0.25, 0.3) is 0 Å². The molecule has 104 valence electrons. The lowest BCUT2D eigenvalue weighted by Gasteiger charge is -2.19. The van der Waals surface area contributed by atoms with Gasteiger partial charge in [-0.1, -0.05) is 49.6 Å². The van der Waals surface area contributed by atoms with Crippen molar-refractivity contribution < 1.29 is 4.79 Å². The Hall–Kier alpha value is -1.61. The minimum atomic E-state index is 0.0430. The second-order valence-electron chi connectivity index (χ2n) is 5.46. The lowest BCUT2D eigenvalue weighted by molar-refractivity contribution is 0.104. The van der Waals surface area contributed by atoms with Gasteiger partial charge in [-0.3, -0.25) is 4.79 Å². The summed E-state index contributed by atoms with van der Waals surface area (Å²) in [5.74, 6) is 0.648. The first-order chi connectivity index (χ1) is 9.75. The highest BCUT2D eigenvalue weighted by Crippen LogP contribution is 2.39. The number of benzene rings is 1. The molecule has 20 heavy (non-hydrogen) atoms. The second kappa shape index (κ2) is 5.80. The zero-order valence-electron chi connectivity index (χ0n) is 11.5. The molecule has 2 aromatic rings. The van der Waals surface area contributed by atoms with Crippen LogP contribution in [0.15, 0.2) is 36.4 Å². The summed E-state index contributed by atoms with van der Waals surface area (Å²) in [5.41, 5.74) is 7.48. The molecule has 0 radical (unpaired) electrons. The van der Waals surface area contributed by atoms with Crippen LogP contribution in [0.3, 0.4) is 0 Å². The van der Waals surface area contributed by atoms with Crippen LogP contribution in [0.2, 0.25) is 0 Å². The van der Waals surface area contributed by atoms with E-state index in [0.29, 0.717) is 22.0 Å². The van der Waals surface area contributed by atoms with E-state index in [4.69, 9.17) is 5.73 Å². The van der Waals surface area contributed by atoms with Crippen molar-refractivity contribution in [1.82, 2.24) is 0 Å². The van der Waals surface area contributed by atoms with Crippen molar-refractivity contribution in [2.75, 3.05) is 5.73 Å². The molecule has 1 aliphatic rings. The maximum Gasteiger partial charge on any atom is 0.195 e. The zero-order chi connectivity index (χ0) is 13.9. The van der Waals surface area contributed by atoms with E-state index in [9.17, 15) is 4.79 Å². The number of hydrogen-bond acceptors (Lipinski definition) is 3. The molecule has 3 heteroatoms. The predicted molar refractivity (Wildman–Crippen MR) is 84.4 cm³/mol. The Bertz CT molecular complexity index is 597. The van der Waals surface area contributed by atoms with Gasteiger partial charge in [-0.25, -0.2) is 0 Å². The van der Waals surface area contributed by atoms with Gasteiger partial charge in [0.1, 0.15) is 0 Å². The van der Waals surface area contributed by atoms with Crippen molar-refractivity contribution in [2.24, 2.45) is 0 Å². The number of carbonyl (C=O) groups excluding carboxylic acids is 1. The van der Waals surface area contributed by atoms with Crippen molar-refractivity contribution in [3.63, 3.8) is 0 Å². The third-order valence-electron chi connectivity index (χ3n) is 4.07. The largest absolute Gasteiger partial charge is 0.390 e. The van der Waals surface area contributed by atoms with Crippen molar-refractivity contribution >= 4 is 22.1 Å². The van der Waals surface area contributed by atoms with E-state index in [1.807, 2.05) is 36.4 Å². The Kier molecular flexibility index (Phi) is 3.88. The second-order valence-corrected chi connectivity index (χ2v) is 6.57. The van der Waals surface area contributed by atoms with Gasteiger partial charge < -0.3 is 5.73 Å². The van der Waals surface area contributed by atoms with Gasteiger partial charge >= 0.3 is 0 Å². The van der Waals surface area contributed by atoms with Crippen LogP contribution in [-0.2, 0) is 0 Å². The van der Waals surface area contributed by atoms with Crippen molar-refractivity contribution in [3.05, 3.63) is 52.4 Å². The average molecular weight is 285 g/mol. The molecular formula is C17H19NOS. The smallest absolute Gasteiger partial charge is 0.195 e. The fraction of sp³-hybridized carbons (Fsp3) is 0.353. The minimum absolute atomic E-state index is 0.0430. The summed E-state index contributed by atoms with van der Waals surface area (Å²) in [4.78, 5) is 13.8. The van der Waals surface area contributed by atoms with E-state index in [0.717, 1.165) is 0 Å². The molecular weight excluding hydrogens is 266 g/mol. The molecule has 1 heterocycles. The van der Waals surface area contributed by atoms with Gasteiger partial charge in [-0.05, 0) is 24.8 Å². The Morgan fingerprint density at radius 1 is 1.10 bits per heavy atom. The molecule has 1 fully saturated rings. The Balaban J connectivity index is 1.87. The fourth-order valence-electron chi connectivity index (χ4n) is 2.94. The molecule has 0 atom stereocenters. The lowest BCUT2D eigenvalue weighted by atomic mass is 9.88. The summed E-state index contributed by atoms with van der Waals surface area (Å²) in [5, 5.41) is 0.666. The summed E-state index contributed by atoms with van der Waals surface area (Å²) < 4.78 is 0. The first-order valence-electron chi connectivity index (χ1n) is 7.24. The summed E-state index contributed by atoms with van der Waals surface area (Å²) in [6.07, 6.45) is 6.40. The van der Waals surface area contributed by atoms with Crippen molar-refractivity contribution in [1.29, 1.82) is 0 Å². The van der Waals surface area contributed by atoms with Gasteiger partial charge in [0.15, 0.2) is 5.78 Å². The van der Waals surface area contributed by atoms with Crippen LogP contribution in [0.5, 0.6) is 0 Å². The highest BCUT2D eigenvalue weighted by Gasteiger charge is 2.22. The van der Waals surface area contributed by atoms with Gasteiger partial charge in [-0.15, -0.1) is 11.3 Å². The third kappa shape index (κ3) is 2.63. The van der Waals surface area contributed by atoms with Crippen LogP contribution in [0.4, 0.5) is 5.00 Å². The summed E-state index contributed by atoms with van der Waals surface area (Å²) in [6.45, 7) is 0. The molecule has 1 saturated carbocycles. The van der Waals surface area contributed by atoms with E-state index >= 15 is 0 Å². The maximum atomic E-state index is 12.5. The predicted octanol–water partition coefficient (Wildman–Crippen LogP) is 4.61. The molecule has 3 rings (SSSR count). The first kappa shape index (κ1) is 13.4. The molecule has 2 nitrogen and oxygen atoms in total. The molecule has 0 aliphatic heterocycles. The Morgan fingerprint density at radius 3 is 2.50 bits per heavy atom. The number of ketones is 1. The maximum absolute atomic E-state index is 12.5. The van der Waals surface area contributed by atoms with Crippen LogP contribution >= 0.6 is 11.3 Å².